The summed E-state index contributed by atoms with van der Waals surface area (Å²) < 4.78 is 35.6. The van der Waals surface area contributed by atoms with E-state index < -0.39 is 10.1 Å². The highest BCUT2D eigenvalue weighted by Crippen LogP contribution is 2.26. The molecule has 0 aliphatic carbocycles. The van der Waals surface area contributed by atoms with Crippen molar-refractivity contribution in [1.29, 1.82) is 0 Å². The maximum absolute atomic E-state index is 12.6. The summed E-state index contributed by atoms with van der Waals surface area (Å²) in [4.78, 5) is 12.3. The Bertz CT molecular complexity index is 1100. The summed E-state index contributed by atoms with van der Waals surface area (Å²) in [6, 6.07) is 24.8. The molecular weight excluding hydrogens is 426 g/mol. The summed E-state index contributed by atoms with van der Waals surface area (Å²) in [5.41, 5.74) is 1.92. The molecule has 168 valence electrons. The summed E-state index contributed by atoms with van der Waals surface area (Å²) in [6.07, 6.45) is 0.171. The minimum Gasteiger partial charge on any atom is -0.466 e. The molecule has 7 heteroatoms. The molecule has 0 saturated carbocycles. The maximum Gasteiger partial charge on any atom is 0.339 e. The average molecular weight is 454 g/mol. The van der Waals surface area contributed by atoms with Gasteiger partial charge in [0.05, 0.1) is 13.0 Å². The predicted octanol–water partition coefficient (Wildman–Crippen LogP) is 4.28. The third-order valence-electron chi connectivity index (χ3n) is 4.85. The van der Waals surface area contributed by atoms with Crippen molar-refractivity contribution < 1.29 is 22.1 Å². The number of ether oxygens (including phenoxy) is 1. The van der Waals surface area contributed by atoms with Gasteiger partial charge in [-0.3, -0.25) is 4.79 Å². The molecule has 1 unspecified atom stereocenters. The summed E-state index contributed by atoms with van der Waals surface area (Å²) >= 11 is 0. The maximum atomic E-state index is 12.6. The lowest BCUT2D eigenvalue weighted by molar-refractivity contribution is -0.143. The van der Waals surface area contributed by atoms with Crippen LogP contribution < -0.4 is 9.50 Å². The molecule has 1 N–H and O–H groups in total. The van der Waals surface area contributed by atoms with E-state index in [2.05, 4.69) is 5.32 Å². The quantitative estimate of drug-likeness (QED) is 0.345. The number of benzene rings is 3. The molecule has 0 aliphatic heterocycles. The van der Waals surface area contributed by atoms with Gasteiger partial charge in [0.2, 0.25) is 0 Å². The second kappa shape index (κ2) is 11.5. The van der Waals surface area contributed by atoms with Crippen molar-refractivity contribution in [2.45, 2.75) is 30.7 Å². The largest absolute Gasteiger partial charge is 0.466 e. The lowest BCUT2D eigenvalue weighted by atomic mass is 9.95. The molecule has 3 rings (SSSR count). The second-order valence-electron chi connectivity index (χ2n) is 7.25. The number of carbonyl (C=O) groups is 1. The third kappa shape index (κ3) is 6.93. The average Bonchev–Trinajstić information content (AvgIpc) is 2.80. The number of carbonyl (C=O) groups excluding carboxylic acids is 1. The van der Waals surface area contributed by atoms with Crippen LogP contribution in [0.2, 0.25) is 0 Å². The Morgan fingerprint density at radius 3 is 2.31 bits per heavy atom. The highest BCUT2D eigenvalue weighted by Gasteiger charge is 2.20. The third-order valence-corrected chi connectivity index (χ3v) is 6.11. The molecule has 0 heterocycles. The zero-order valence-corrected chi connectivity index (χ0v) is 18.8. The Hall–Kier alpha value is -3.16. The van der Waals surface area contributed by atoms with Crippen molar-refractivity contribution in [1.82, 2.24) is 5.32 Å². The van der Waals surface area contributed by atoms with E-state index in [0.717, 1.165) is 11.1 Å². The van der Waals surface area contributed by atoms with Crippen LogP contribution in [0.15, 0.2) is 89.8 Å². The van der Waals surface area contributed by atoms with Gasteiger partial charge in [-0.25, -0.2) is 0 Å². The van der Waals surface area contributed by atoms with E-state index in [0.29, 0.717) is 19.7 Å². The van der Waals surface area contributed by atoms with Gasteiger partial charge < -0.3 is 14.2 Å². The number of rotatable bonds is 11. The van der Waals surface area contributed by atoms with Crippen molar-refractivity contribution in [3.63, 3.8) is 0 Å². The monoisotopic (exact) mass is 453 g/mol. The zero-order valence-electron chi connectivity index (χ0n) is 17.9. The number of esters is 1. The first-order valence-corrected chi connectivity index (χ1v) is 11.9. The standard InChI is InChI=1S/C25H27NO5S/c1-2-30-25(27)17-22(19-26-18-20-10-5-3-6-11-20)21-12-9-13-23(16-21)31-32(28,29)24-14-7-4-8-15-24/h3-16,22,26H,2,17-19H2,1H3. The minimum absolute atomic E-state index is 0.0815. The number of hydrogen-bond donors (Lipinski definition) is 1. The van der Waals surface area contributed by atoms with Gasteiger partial charge in [0.15, 0.2) is 0 Å². The number of hydrogen-bond acceptors (Lipinski definition) is 6. The molecule has 0 spiro atoms. The highest BCUT2D eigenvalue weighted by molar-refractivity contribution is 7.87. The fraction of sp³-hybridized carbons (Fsp3) is 0.240. The molecule has 0 bridgehead atoms. The van der Waals surface area contributed by atoms with Gasteiger partial charge >= 0.3 is 16.1 Å². The van der Waals surface area contributed by atoms with E-state index in [1.165, 1.54) is 12.1 Å². The second-order valence-corrected chi connectivity index (χ2v) is 8.79. The van der Waals surface area contributed by atoms with Crippen LogP contribution in [0.3, 0.4) is 0 Å². The van der Waals surface area contributed by atoms with E-state index in [1.807, 2.05) is 36.4 Å². The van der Waals surface area contributed by atoms with Crippen LogP contribution in [-0.2, 0) is 26.2 Å². The van der Waals surface area contributed by atoms with Crippen LogP contribution in [0.4, 0.5) is 0 Å². The fourth-order valence-corrected chi connectivity index (χ4v) is 4.24. The topological polar surface area (TPSA) is 81.7 Å². The normalized spacial score (nSPS) is 12.2. The molecule has 0 aliphatic rings. The first-order chi connectivity index (χ1) is 15.5. The Labute approximate surface area is 189 Å². The zero-order chi connectivity index (χ0) is 22.8. The Morgan fingerprint density at radius 2 is 1.62 bits per heavy atom. The van der Waals surface area contributed by atoms with Crippen LogP contribution in [-0.4, -0.2) is 27.5 Å². The van der Waals surface area contributed by atoms with E-state index >= 15 is 0 Å². The lowest BCUT2D eigenvalue weighted by Gasteiger charge is -2.18. The molecule has 1 atom stereocenters. The molecule has 32 heavy (non-hydrogen) atoms. The van der Waals surface area contributed by atoms with Gasteiger partial charge in [-0.15, -0.1) is 0 Å². The van der Waals surface area contributed by atoms with Gasteiger partial charge in [-0.1, -0.05) is 60.7 Å². The SMILES string of the molecule is CCOC(=O)CC(CNCc1ccccc1)c1cccc(OS(=O)(=O)c2ccccc2)c1. The first kappa shape index (κ1) is 23.5. The van der Waals surface area contributed by atoms with Crippen LogP contribution in [0, 0.1) is 0 Å². The summed E-state index contributed by atoms with van der Waals surface area (Å²) in [5, 5.41) is 3.37. The van der Waals surface area contributed by atoms with E-state index in [1.54, 1.807) is 43.3 Å². The smallest absolute Gasteiger partial charge is 0.339 e. The van der Waals surface area contributed by atoms with Gasteiger partial charge in [0, 0.05) is 19.0 Å². The molecule has 0 saturated heterocycles. The molecule has 3 aromatic carbocycles. The summed E-state index contributed by atoms with van der Waals surface area (Å²) in [5.74, 6) is -0.314. The molecular formula is C25H27NO5S. The summed E-state index contributed by atoms with van der Waals surface area (Å²) in [6.45, 7) is 3.24. The van der Waals surface area contributed by atoms with E-state index in [9.17, 15) is 13.2 Å². The highest BCUT2D eigenvalue weighted by atomic mass is 32.2. The Kier molecular flexibility index (Phi) is 8.41. The van der Waals surface area contributed by atoms with Gasteiger partial charge in [0.1, 0.15) is 10.6 Å². The summed E-state index contributed by atoms with van der Waals surface area (Å²) in [7, 11) is -3.95. The van der Waals surface area contributed by atoms with Crippen LogP contribution in [0.25, 0.3) is 0 Å². The molecule has 3 aromatic rings. The van der Waals surface area contributed by atoms with Gasteiger partial charge in [0.25, 0.3) is 0 Å². The van der Waals surface area contributed by atoms with E-state index in [-0.39, 0.29) is 29.0 Å². The van der Waals surface area contributed by atoms with Crippen LogP contribution in [0.5, 0.6) is 5.75 Å². The molecule has 0 aromatic heterocycles. The van der Waals surface area contributed by atoms with Crippen molar-refractivity contribution in [3.05, 3.63) is 96.1 Å². The minimum atomic E-state index is -3.95. The van der Waals surface area contributed by atoms with Crippen molar-refractivity contribution >= 4 is 16.1 Å². The number of nitrogens with one attached hydrogen (secondary N) is 1. The van der Waals surface area contributed by atoms with Gasteiger partial charge in [-0.2, -0.15) is 8.42 Å². The van der Waals surface area contributed by atoms with E-state index in [4.69, 9.17) is 8.92 Å². The first-order valence-electron chi connectivity index (χ1n) is 10.5. The fourth-order valence-electron chi connectivity index (χ4n) is 3.30. The van der Waals surface area contributed by atoms with Gasteiger partial charge in [-0.05, 0) is 42.3 Å². The molecule has 6 nitrogen and oxygen atoms in total. The Morgan fingerprint density at radius 1 is 0.938 bits per heavy atom. The lowest BCUT2D eigenvalue weighted by Crippen LogP contribution is -2.24. The van der Waals surface area contributed by atoms with Crippen LogP contribution >= 0.6 is 0 Å². The molecule has 0 radical (unpaired) electrons. The Balaban J connectivity index is 1.75. The van der Waals surface area contributed by atoms with Crippen molar-refractivity contribution in [2.24, 2.45) is 0 Å². The predicted molar refractivity (Wildman–Crippen MR) is 123 cm³/mol. The van der Waals surface area contributed by atoms with Crippen molar-refractivity contribution in [3.8, 4) is 5.75 Å². The molecule has 0 amide bonds. The van der Waals surface area contributed by atoms with Crippen molar-refractivity contribution in [2.75, 3.05) is 13.2 Å². The van der Waals surface area contributed by atoms with Crippen LogP contribution in [0.1, 0.15) is 30.4 Å². The molecule has 0 fully saturated rings.